The molecule has 2 aromatic rings. The number of nitrogens with one attached hydrogen (secondary N) is 2. The minimum absolute atomic E-state index is 0.0353. The second-order valence-electron chi connectivity index (χ2n) is 5.58. The van der Waals surface area contributed by atoms with E-state index >= 15 is 0 Å². The van der Waals surface area contributed by atoms with Crippen LogP contribution in [-0.2, 0) is 0 Å². The van der Waals surface area contributed by atoms with Gasteiger partial charge >= 0.3 is 0 Å². The van der Waals surface area contributed by atoms with Crippen LogP contribution in [0, 0.1) is 10.1 Å². The quantitative estimate of drug-likeness (QED) is 0.475. The largest absolute Gasteiger partial charge is 0.332 e. The monoisotopic (exact) mass is 357 g/mol. The molecule has 0 radical (unpaired) electrons. The lowest BCUT2D eigenvalue weighted by molar-refractivity contribution is -0.385. The minimum atomic E-state index is -0.620. The molecule has 2 aromatic carbocycles. The zero-order valence-electron chi connectivity index (χ0n) is 14.0. The van der Waals surface area contributed by atoms with Crippen LogP contribution < -0.4 is 10.6 Å². The third-order valence-electron chi connectivity index (χ3n) is 3.92. The first-order valence-electron chi connectivity index (χ1n) is 7.88. The Morgan fingerprint density at radius 1 is 1.20 bits per heavy atom. The van der Waals surface area contributed by atoms with Gasteiger partial charge in [0.2, 0.25) is 0 Å². The van der Waals surface area contributed by atoms with Gasteiger partial charge in [0, 0.05) is 11.8 Å². The smallest absolute Gasteiger partial charge is 0.282 e. The molecule has 25 heavy (non-hydrogen) atoms. The summed E-state index contributed by atoms with van der Waals surface area (Å²) in [5, 5.41) is 16.6. The molecule has 0 aromatic heterocycles. The Hall–Kier alpha value is -2.80. The van der Waals surface area contributed by atoms with E-state index in [-0.39, 0.29) is 16.4 Å². The Labute approximate surface area is 151 Å². The average molecular weight is 357 g/mol. The SMILES string of the molecule is CC[C@H](C)c1ccccc1NC(=S)NC(=O)c1ccccc1[N+](=O)[O-]. The van der Waals surface area contributed by atoms with Gasteiger partial charge in [-0.05, 0) is 42.3 Å². The molecule has 0 bridgehead atoms. The van der Waals surface area contributed by atoms with Gasteiger partial charge in [-0.25, -0.2) is 0 Å². The summed E-state index contributed by atoms with van der Waals surface area (Å²) in [6.07, 6.45) is 0.966. The molecular formula is C18H19N3O3S. The summed E-state index contributed by atoms with van der Waals surface area (Å²) in [6, 6.07) is 13.5. The molecule has 2 N–H and O–H groups in total. The number of hydrogen-bond acceptors (Lipinski definition) is 4. The van der Waals surface area contributed by atoms with E-state index in [0.29, 0.717) is 5.92 Å². The molecule has 0 unspecified atom stereocenters. The molecule has 0 aliphatic heterocycles. The van der Waals surface area contributed by atoms with E-state index in [4.69, 9.17) is 12.2 Å². The Bertz CT molecular complexity index is 808. The van der Waals surface area contributed by atoms with E-state index in [2.05, 4.69) is 24.5 Å². The molecule has 0 spiro atoms. The minimum Gasteiger partial charge on any atom is -0.332 e. The summed E-state index contributed by atoms with van der Waals surface area (Å²) in [7, 11) is 0. The van der Waals surface area contributed by atoms with Crippen molar-refractivity contribution in [3.8, 4) is 0 Å². The number of nitro groups is 1. The normalized spacial score (nSPS) is 11.4. The maximum Gasteiger partial charge on any atom is 0.282 e. The molecule has 2 rings (SSSR count). The van der Waals surface area contributed by atoms with Crippen molar-refractivity contribution < 1.29 is 9.72 Å². The Morgan fingerprint density at radius 2 is 1.84 bits per heavy atom. The van der Waals surface area contributed by atoms with E-state index in [1.807, 2.05) is 24.3 Å². The summed E-state index contributed by atoms with van der Waals surface area (Å²) in [4.78, 5) is 22.7. The van der Waals surface area contributed by atoms with Gasteiger partial charge < -0.3 is 5.32 Å². The first-order valence-corrected chi connectivity index (χ1v) is 8.29. The van der Waals surface area contributed by atoms with Gasteiger partial charge in [-0.1, -0.05) is 44.2 Å². The highest BCUT2D eigenvalue weighted by molar-refractivity contribution is 7.80. The average Bonchev–Trinajstić information content (AvgIpc) is 2.61. The number of anilines is 1. The maximum absolute atomic E-state index is 12.3. The van der Waals surface area contributed by atoms with Crippen molar-refractivity contribution >= 4 is 34.6 Å². The highest BCUT2D eigenvalue weighted by Crippen LogP contribution is 2.26. The van der Waals surface area contributed by atoms with Gasteiger partial charge in [-0.15, -0.1) is 0 Å². The molecule has 0 heterocycles. The fourth-order valence-corrected chi connectivity index (χ4v) is 2.61. The molecule has 0 saturated heterocycles. The van der Waals surface area contributed by atoms with Gasteiger partial charge in [-0.3, -0.25) is 20.2 Å². The van der Waals surface area contributed by atoms with E-state index in [0.717, 1.165) is 17.7 Å². The highest BCUT2D eigenvalue weighted by atomic mass is 32.1. The van der Waals surface area contributed by atoms with Crippen molar-refractivity contribution in [1.82, 2.24) is 5.32 Å². The van der Waals surface area contributed by atoms with Crippen LogP contribution in [0.2, 0.25) is 0 Å². The second kappa shape index (κ2) is 8.34. The number of thiocarbonyl (C=S) groups is 1. The van der Waals surface area contributed by atoms with Crippen LogP contribution in [0.3, 0.4) is 0 Å². The van der Waals surface area contributed by atoms with Crippen molar-refractivity contribution in [2.75, 3.05) is 5.32 Å². The van der Waals surface area contributed by atoms with Gasteiger partial charge in [0.25, 0.3) is 11.6 Å². The Kier molecular flexibility index (Phi) is 6.19. The predicted molar refractivity (Wildman–Crippen MR) is 102 cm³/mol. The zero-order valence-corrected chi connectivity index (χ0v) is 14.8. The number of hydrogen-bond donors (Lipinski definition) is 2. The van der Waals surface area contributed by atoms with Crippen LogP contribution in [-0.4, -0.2) is 15.9 Å². The topological polar surface area (TPSA) is 84.3 Å². The van der Waals surface area contributed by atoms with E-state index < -0.39 is 10.8 Å². The molecule has 7 heteroatoms. The Balaban J connectivity index is 2.14. The number of nitrogens with zero attached hydrogens (tertiary/aromatic N) is 1. The fourth-order valence-electron chi connectivity index (χ4n) is 2.41. The number of benzene rings is 2. The first kappa shape index (κ1) is 18.5. The summed E-state index contributed by atoms with van der Waals surface area (Å²) < 4.78 is 0. The molecule has 1 amide bonds. The van der Waals surface area contributed by atoms with Crippen molar-refractivity contribution in [2.45, 2.75) is 26.2 Å². The van der Waals surface area contributed by atoms with Crippen LogP contribution in [0.15, 0.2) is 48.5 Å². The summed E-state index contributed by atoms with van der Waals surface area (Å²) in [5.74, 6) is -0.289. The molecule has 1 atom stereocenters. The van der Waals surface area contributed by atoms with Crippen molar-refractivity contribution in [2.24, 2.45) is 0 Å². The second-order valence-corrected chi connectivity index (χ2v) is 5.99. The number of para-hydroxylation sites is 2. The van der Waals surface area contributed by atoms with Gasteiger partial charge in [0.1, 0.15) is 5.56 Å². The molecule has 0 aliphatic carbocycles. The third kappa shape index (κ3) is 4.60. The van der Waals surface area contributed by atoms with Crippen LogP contribution in [0.1, 0.15) is 42.1 Å². The Morgan fingerprint density at radius 3 is 2.52 bits per heavy atom. The summed E-state index contributed by atoms with van der Waals surface area (Å²) >= 11 is 5.19. The van der Waals surface area contributed by atoms with Crippen molar-refractivity contribution in [1.29, 1.82) is 0 Å². The molecular weight excluding hydrogens is 338 g/mol. The summed E-state index contributed by atoms with van der Waals surface area (Å²) in [6.45, 7) is 4.20. The number of nitro benzene ring substituents is 1. The van der Waals surface area contributed by atoms with Crippen molar-refractivity contribution in [3.63, 3.8) is 0 Å². The van der Waals surface area contributed by atoms with E-state index in [9.17, 15) is 14.9 Å². The molecule has 0 saturated carbocycles. The standard InChI is InChI=1S/C18H19N3O3S/c1-3-12(2)13-8-4-6-10-15(13)19-18(25)20-17(22)14-9-5-7-11-16(14)21(23)24/h4-12H,3H2,1-2H3,(H2,19,20,22,25)/t12-/m0/s1. The zero-order chi connectivity index (χ0) is 18.4. The lowest BCUT2D eigenvalue weighted by Gasteiger charge is -2.17. The number of carbonyl (C=O) groups excluding carboxylic acids is 1. The fraction of sp³-hybridized carbons (Fsp3) is 0.222. The highest BCUT2D eigenvalue weighted by Gasteiger charge is 2.20. The number of carbonyl (C=O) groups is 1. The van der Waals surface area contributed by atoms with E-state index in [1.165, 1.54) is 18.2 Å². The molecule has 130 valence electrons. The third-order valence-corrected chi connectivity index (χ3v) is 4.13. The molecule has 0 fully saturated rings. The summed E-state index contributed by atoms with van der Waals surface area (Å²) in [5.41, 5.74) is 1.60. The lowest BCUT2D eigenvalue weighted by Crippen LogP contribution is -2.34. The van der Waals surface area contributed by atoms with Crippen LogP contribution >= 0.6 is 12.2 Å². The predicted octanol–water partition coefficient (Wildman–Crippen LogP) is 4.24. The van der Waals surface area contributed by atoms with Crippen LogP contribution in [0.4, 0.5) is 11.4 Å². The molecule has 6 nitrogen and oxygen atoms in total. The maximum atomic E-state index is 12.3. The first-order chi connectivity index (χ1) is 11.9. The lowest BCUT2D eigenvalue weighted by atomic mass is 9.97. The molecule has 0 aliphatic rings. The van der Waals surface area contributed by atoms with E-state index in [1.54, 1.807) is 6.07 Å². The van der Waals surface area contributed by atoms with Gasteiger partial charge in [-0.2, -0.15) is 0 Å². The van der Waals surface area contributed by atoms with Crippen LogP contribution in [0.5, 0.6) is 0 Å². The van der Waals surface area contributed by atoms with Gasteiger partial charge in [0.15, 0.2) is 5.11 Å². The van der Waals surface area contributed by atoms with Crippen molar-refractivity contribution in [3.05, 3.63) is 69.8 Å². The number of amides is 1. The van der Waals surface area contributed by atoms with Crippen LogP contribution in [0.25, 0.3) is 0 Å². The van der Waals surface area contributed by atoms with Gasteiger partial charge in [0.05, 0.1) is 4.92 Å². The number of rotatable bonds is 5.